The predicted octanol–water partition coefficient (Wildman–Crippen LogP) is 3.87. The van der Waals surface area contributed by atoms with Gasteiger partial charge in [0, 0.05) is 31.5 Å². The summed E-state index contributed by atoms with van der Waals surface area (Å²) in [6, 6.07) is 12.4. The van der Waals surface area contributed by atoms with E-state index in [1.165, 1.54) is 12.8 Å². The van der Waals surface area contributed by atoms with Gasteiger partial charge in [-0.15, -0.1) is 0 Å². The molecule has 1 aliphatic heterocycles. The van der Waals surface area contributed by atoms with Crippen LogP contribution in [0.25, 0.3) is 0 Å². The molecule has 2 aromatic rings. The van der Waals surface area contributed by atoms with Crippen LogP contribution in [0, 0.1) is 5.92 Å². The highest BCUT2D eigenvalue weighted by Gasteiger charge is 2.19. The maximum absolute atomic E-state index is 4.82. The highest BCUT2D eigenvalue weighted by atomic mass is 15.3. The highest BCUT2D eigenvalue weighted by Crippen LogP contribution is 2.25. The highest BCUT2D eigenvalue weighted by molar-refractivity contribution is 5.58. The van der Waals surface area contributed by atoms with E-state index in [0.717, 1.165) is 43.0 Å². The van der Waals surface area contributed by atoms with Crippen molar-refractivity contribution >= 4 is 17.5 Å². The second-order valence-corrected chi connectivity index (χ2v) is 5.99. The molecule has 3 rings (SSSR count). The Morgan fingerprint density at radius 2 is 2.05 bits per heavy atom. The lowest BCUT2D eigenvalue weighted by atomic mass is 10.0. The summed E-state index contributed by atoms with van der Waals surface area (Å²) in [6.07, 6.45) is 4.44. The molecule has 0 N–H and O–H groups in total. The fraction of sp³-hybridized carbons (Fsp3) is 0.444. The van der Waals surface area contributed by atoms with Gasteiger partial charge in [-0.2, -0.15) is 4.98 Å². The van der Waals surface area contributed by atoms with Gasteiger partial charge in [0.05, 0.1) is 0 Å². The van der Waals surface area contributed by atoms with Crippen LogP contribution in [-0.4, -0.2) is 29.6 Å². The Bertz CT molecular complexity index is 599. The number of anilines is 3. The normalized spacial score (nSPS) is 18.3. The Kier molecular flexibility index (Phi) is 4.56. The molecule has 1 aromatic heterocycles. The van der Waals surface area contributed by atoms with Crippen LogP contribution < -0.4 is 9.80 Å². The van der Waals surface area contributed by atoms with Gasteiger partial charge in [-0.3, -0.25) is 0 Å². The number of rotatable bonds is 4. The zero-order valence-electron chi connectivity index (χ0n) is 13.4. The van der Waals surface area contributed by atoms with E-state index in [1.54, 1.807) is 0 Å². The summed E-state index contributed by atoms with van der Waals surface area (Å²) in [5.41, 5.74) is 1.13. The first kappa shape index (κ1) is 14.8. The maximum Gasteiger partial charge on any atom is 0.231 e. The van der Waals surface area contributed by atoms with Gasteiger partial charge >= 0.3 is 0 Å². The molecule has 1 atom stereocenters. The number of hydrogen-bond donors (Lipinski definition) is 0. The minimum Gasteiger partial charge on any atom is -0.356 e. The van der Waals surface area contributed by atoms with Crippen molar-refractivity contribution in [3.05, 3.63) is 42.6 Å². The molecule has 22 heavy (non-hydrogen) atoms. The Hall–Kier alpha value is -2.10. The van der Waals surface area contributed by atoms with Crippen LogP contribution in [0.3, 0.4) is 0 Å². The van der Waals surface area contributed by atoms with E-state index in [1.807, 2.05) is 30.5 Å². The molecule has 1 aliphatic rings. The minimum absolute atomic E-state index is 0.739. The average molecular weight is 296 g/mol. The van der Waals surface area contributed by atoms with E-state index in [-0.39, 0.29) is 0 Å². The van der Waals surface area contributed by atoms with E-state index in [0.29, 0.717) is 0 Å². The molecule has 0 spiro atoms. The fourth-order valence-corrected chi connectivity index (χ4v) is 3.09. The van der Waals surface area contributed by atoms with Crippen molar-refractivity contribution in [3.8, 4) is 0 Å². The summed E-state index contributed by atoms with van der Waals surface area (Å²) >= 11 is 0. The largest absolute Gasteiger partial charge is 0.356 e. The van der Waals surface area contributed by atoms with E-state index >= 15 is 0 Å². The Balaban J connectivity index is 1.86. The SMILES string of the molecule is CCN(c1ccccc1)c1nccc(N2CCCC(C)C2)n1. The van der Waals surface area contributed by atoms with Gasteiger partial charge in [0.25, 0.3) is 0 Å². The molecule has 0 bridgehead atoms. The summed E-state index contributed by atoms with van der Waals surface area (Å²) in [4.78, 5) is 13.8. The van der Waals surface area contributed by atoms with Gasteiger partial charge in [-0.25, -0.2) is 4.98 Å². The Morgan fingerprint density at radius 3 is 2.77 bits per heavy atom. The molecule has 0 amide bonds. The van der Waals surface area contributed by atoms with Crippen molar-refractivity contribution in [2.45, 2.75) is 26.7 Å². The second kappa shape index (κ2) is 6.77. The van der Waals surface area contributed by atoms with E-state index in [4.69, 9.17) is 4.98 Å². The third-order valence-corrected chi connectivity index (χ3v) is 4.23. The van der Waals surface area contributed by atoms with Crippen LogP contribution >= 0.6 is 0 Å². The molecule has 0 aliphatic carbocycles. The number of para-hydroxylation sites is 1. The quantitative estimate of drug-likeness (QED) is 0.857. The first-order chi connectivity index (χ1) is 10.8. The maximum atomic E-state index is 4.82. The molecule has 1 unspecified atom stereocenters. The Labute approximate surface area is 132 Å². The molecule has 4 heteroatoms. The summed E-state index contributed by atoms with van der Waals surface area (Å²) < 4.78 is 0. The van der Waals surface area contributed by atoms with Crippen molar-refractivity contribution in [2.75, 3.05) is 29.4 Å². The van der Waals surface area contributed by atoms with Crippen molar-refractivity contribution in [1.29, 1.82) is 0 Å². The molecule has 2 heterocycles. The van der Waals surface area contributed by atoms with Crippen LogP contribution in [0.2, 0.25) is 0 Å². The number of aromatic nitrogens is 2. The minimum atomic E-state index is 0.739. The van der Waals surface area contributed by atoms with Gasteiger partial charge in [0.1, 0.15) is 5.82 Å². The molecular formula is C18H24N4. The standard InChI is InChI=1S/C18H24N4/c1-3-22(16-9-5-4-6-10-16)18-19-12-11-17(20-18)21-13-7-8-15(2)14-21/h4-6,9-12,15H,3,7-8,13-14H2,1-2H3. The van der Waals surface area contributed by atoms with Gasteiger partial charge in [-0.1, -0.05) is 25.1 Å². The third kappa shape index (κ3) is 3.21. The molecular weight excluding hydrogens is 272 g/mol. The van der Waals surface area contributed by atoms with Crippen LogP contribution in [0.1, 0.15) is 26.7 Å². The van der Waals surface area contributed by atoms with Crippen LogP contribution in [0.4, 0.5) is 17.5 Å². The summed E-state index contributed by atoms with van der Waals surface area (Å²) in [5, 5.41) is 0. The first-order valence-electron chi connectivity index (χ1n) is 8.18. The van der Waals surface area contributed by atoms with Crippen molar-refractivity contribution in [2.24, 2.45) is 5.92 Å². The third-order valence-electron chi connectivity index (χ3n) is 4.23. The molecule has 1 aromatic carbocycles. The van der Waals surface area contributed by atoms with Gasteiger partial charge in [0.2, 0.25) is 5.95 Å². The fourth-order valence-electron chi connectivity index (χ4n) is 3.09. The molecule has 116 valence electrons. The molecule has 1 fully saturated rings. The summed E-state index contributed by atoms with van der Waals surface area (Å²) in [6.45, 7) is 7.48. The molecule has 0 saturated carbocycles. The van der Waals surface area contributed by atoms with E-state index in [2.05, 4.69) is 40.8 Å². The predicted molar refractivity (Wildman–Crippen MR) is 91.8 cm³/mol. The second-order valence-electron chi connectivity index (χ2n) is 5.99. The molecule has 0 radical (unpaired) electrons. The topological polar surface area (TPSA) is 32.3 Å². The number of nitrogens with zero attached hydrogens (tertiary/aromatic N) is 4. The zero-order chi connectivity index (χ0) is 15.4. The van der Waals surface area contributed by atoms with Gasteiger partial charge in [0.15, 0.2) is 0 Å². The monoisotopic (exact) mass is 296 g/mol. The summed E-state index contributed by atoms with van der Waals surface area (Å²) in [7, 11) is 0. The van der Waals surface area contributed by atoms with Crippen molar-refractivity contribution < 1.29 is 0 Å². The molecule has 1 saturated heterocycles. The van der Waals surface area contributed by atoms with Gasteiger partial charge in [-0.05, 0) is 43.9 Å². The van der Waals surface area contributed by atoms with Crippen LogP contribution in [0.5, 0.6) is 0 Å². The lowest BCUT2D eigenvalue weighted by Gasteiger charge is -2.32. The zero-order valence-corrected chi connectivity index (χ0v) is 13.4. The van der Waals surface area contributed by atoms with Crippen LogP contribution in [0.15, 0.2) is 42.6 Å². The van der Waals surface area contributed by atoms with E-state index < -0.39 is 0 Å². The lowest BCUT2D eigenvalue weighted by molar-refractivity contribution is 0.444. The lowest BCUT2D eigenvalue weighted by Crippen LogP contribution is -2.35. The number of benzene rings is 1. The smallest absolute Gasteiger partial charge is 0.231 e. The van der Waals surface area contributed by atoms with Gasteiger partial charge < -0.3 is 9.80 Å². The first-order valence-corrected chi connectivity index (χ1v) is 8.18. The molecule has 4 nitrogen and oxygen atoms in total. The van der Waals surface area contributed by atoms with Crippen molar-refractivity contribution in [1.82, 2.24) is 9.97 Å². The Morgan fingerprint density at radius 1 is 1.23 bits per heavy atom. The van der Waals surface area contributed by atoms with Crippen LogP contribution in [-0.2, 0) is 0 Å². The number of piperidine rings is 1. The van der Waals surface area contributed by atoms with Crippen molar-refractivity contribution in [3.63, 3.8) is 0 Å². The summed E-state index contributed by atoms with van der Waals surface area (Å²) in [5.74, 6) is 2.57. The number of hydrogen-bond acceptors (Lipinski definition) is 4. The van der Waals surface area contributed by atoms with E-state index in [9.17, 15) is 0 Å². The average Bonchev–Trinajstić information content (AvgIpc) is 2.57.